The van der Waals surface area contributed by atoms with E-state index in [1.807, 2.05) is 6.92 Å². The van der Waals surface area contributed by atoms with Gasteiger partial charge in [0.25, 0.3) is 5.91 Å². The Hall–Kier alpha value is -1.92. The highest BCUT2D eigenvalue weighted by molar-refractivity contribution is 6.39. The Morgan fingerprint density at radius 1 is 1.47 bits per heavy atom. The summed E-state index contributed by atoms with van der Waals surface area (Å²) in [5.74, 6) is -1.23. The fraction of sp³-hybridized carbons (Fsp3) is 0.667. The first-order valence-electron chi connectivity index (χ1n) is 6.27. The number of nitrogens with one attached hydrogen (secondary N) is 1. The number of carbonyl (C=O) groups is 3. The molecule has 1 atom stereocenters. The maximum Gasteiger partial charge on any atom is 0.303 e. The van der Waals surface area contributed by atoms with E-state index in [2.05, 4.69) is 10.4 Å². The largest absolute Gasteiger partial charge is 0.481 e. The fourth-order valence-electron chi connectivity index (χ4n) is 1.77. The fourth-order valence-corrected chi connectivity index (χ4v) is 1.77. The van der Waals surface area contributed by atoms with Gasteiger partial charge >= 0.3 is 5.97 Å². The van der Waals surface area contributed by atoms with E-state index < -0.39 is 5.97 Å². The summed E-state index contributed by atoms with van der Waals surface area (Å²) >= 11 is 0. The molecule has 0 saturated heterocycles. The summed E-state index contributed by atoms with van der Waals surface area (Å²) in [5, 5.41) is 16.4. The summed E-state index contributed by atoms with van der Waals surface area (Å²) in [7, 11) is 1.52. The molecule has 0 fully saturated rings. The molecule has 0 bridgehead atoms. The number of hydrogen-bond acceptors (Lipinski definition) is 4. The van der Waals surface area contributed by atoms with E-state index >= 15 is 0 Å². The first-order chi connectivity index (χ1) is 8.90. The van der Waals surface area contributed by atoms with Crippen molar-refractivity contribution in [1.29, 1.82) is 0 Å². The Morgan fingerprint density at radius 2 is 2.16 bits per heavy atom. The Morgan fingerprint density at radius 3 is 2.74 bits per heavy atom. The van der Waals surface area contributed by atoms with Gasteiger partial charge in [0, 0.05) is 32.4 Å². The minimum absolute atomic E-state index is 0.0956. The highest BCUT2D eigenvalue weighted by atomic mass is 16.4. The van der Waals surface area contributed by atoms with Gasteiger partial charge in [0.2, 0.25) is 5.91 Å². The van der Waals surface area contributed by atoms with Gasteiger partial charge in [0.1, 0.15) is 5.71 Å². The van der Waals surface area contributed by atoms with E-state index in [4.69, 9.17) is 5.11 Å². The summed E-state index contributed by atoms with van der Waals surface area (Å²) < 4.78 is 0. The average Bonchev–Trinajstić information content (AvgIpc) is 2.32. The zero-order valence-electron chi connectivity index (χ0n) is 11.2. The lowest BCUT2D eigenvalue weighted by Crippen LogP contribution is -2.41. The average molecular weight is 269 g/mol. The Kier molecular flexibility index (Phi) is 5.47. The highest BCUT2D eigenvalue weighted by Crippen LogP contribution is 2.08. The molecule has 19 heavy (non-hydrogen) atoms. The van der Waals surface area contributed by atoms with Crippen molar-refractivity contribution in [3.8, 4) is 0 Å². The third kappa shape index (κ3) is 5.07. The van der Waals surface area contributed by atoms with E-state index in [0.717, 1.165) is 0 Å². The molecule has 0 aromatic heterocycles. The third-order valence-electron chi connectivity index (χ3n) is 2.87. The summed E-state index contributed by atoms with van der Waals surface area (Å²) in [5.41, 5.74) is 0.340. The second-order valence-corrected chi connectivity index (χ2v) is 4.62. The molecule has 2 N–H and O–H groups in total. The van der Waals surface area contributed by atoms with Crippen molar-refractivity contribution in [2.24, 2.45) is 5.10 Å². The van der Waals surface area contributed by atoms with Crippen LogP contribution in [0.5, 0.6) is 0 Å². The normalized spacial score (nSPS) is 16.8. The van der Waals surface area contributed by atoms with Crippen LogP contribution in [0.2, 0.25) is 0 Å². The van der Waals surface area contributed by atoms with Crippen LogP contribution in [0.3, 0.4) is 0 Å². The Labute approximate surface area is 111 Å². The van der Waals surface area contributed by atoms with Crippen LogP contribution in [-0.4, -0.2) is 46.7 Å². The molecule has 0 radical (unpaired) electrons. The van der Waals surface area contributed by atoms with Gasteiger partial charge in [-0.2, -0.15) is 5.10 Å². The lowest BCUT2D eigenvalue weighted by molar-refractivity contribution is -0.137. The van der Waals surface area contributed by atoms with E-state index in [1.165, 1.54) is 12.1 Å². The topological polar surface area (TPSA) is 99.1 Å². The van der Waals surface area contributed by atoms with Crippen molar-refractivity contribution in [2.75, 3.05) is 7.05 Å². The second-order valence-electron chi connectivity index (χ2n) is 4.62. The molecule has 7 heteroatoms. The molecule has 0 spiro atoms. The molecular weight excluding hydrogens is 250 g/mol. The van der Waals surface area contributed by atoms with E-state index in [0.29, 0.717) is 25.0 Å². The molecule has 1 rings (SSSR count). The number of amides is 2. The second kappa shape index (κ2) is 6.86. The summed E-state index contributed by atoms with van der Waals surface area (Å²) in [4.78, 5) is 33.5. The number of hydrazone groups is 1. The summed E-state index contributed by atoms with van der Waals surface area (Å²) in [6.07, 6.45) is 1.84. The van der Waals surface area contributed by atoms with Crippen LogP contribution in [-0.2, 0) is 14.4 Å². The summed E-state index contributed by atoms with van der Waals surface area (Å²) in [6.45, 7) is 1.82. The van der Waals surface area contributed by atoms with Gasteiger partial charge < -0.3 is 10.4 Å². The van der Waals surface area contributed by atoms with Gasteiger partial charge in [-0.25, -0.2) is 5.01 Å². The van der Waals surface area contributed by atoms with Gasteiger partial charge in [-0.15, -0.1) is 0 Å². The number of hydrogen-bond donors (Lipinski definition) is 2. The van der Waals surface area contributed by atoms with Crippen LogP contribution in [0.1, 0.15) is 39.0 Å². The molecule has 1 aliphatic heterocycles. The molecule has 2 amide bonds. The van der Waals surface area contributed by atoms with Crippen molar-refractivity contribution in [2.45, 2.75) is 45.1 Å². The molecule has 7 nitrogen and oxygen atoms in total. The molecular formula is C12H19N3O4. The van der Waals surface area contributed by atoms with Gasteiger partial charge in [0.05, 0.1) is 0 Å². The van der Waals surface area contributed by atoms with Crippen molar-refractivity contribution in [3.05, 3.63) is 0 Å². The van der Waals surface area contributed by atoms with Crippen molar-refractivity contribution >= 4 is 23.5 Å². The van der Waals surface area contributed by atoms with E-state index in [1.54, 1.807) is 0 Å². The lowest BCUT2D eigenvalue weighted by atomic mass is 10.1. The van der Waals surface area contributed by atoms with Gasteiger partial charge in [-0.1, -0.05) is 0 Å². The maximum absolute atomic E-state index is 11.9. The van der Waals surface area contributed by atoms with Crippen LogP contribution >= 0.6 is 0 Å². The van der Waals surface area contributed by atoms with Gasteiger partial charge in [-0.05, 0) is 19.8 Å². The SMILES string of the molecule is CC(CCCC(=O)O)NC(=O)C1=NN(C)C(=O)CC1. The molecule has 1 unspecified atom stereocenters. The van der Waals surface area contributed by atoms with Crippen LogP contribution in [0.15, 0.2) is 5.10 Å². The molecule has 106 valence electrons. The van der Waals surface area contributed by atoms with Crippen LogP contribution < -0.4 is 5.32 Å². The minimum Gasteiger partial charge on any atom is -0.481 e. The molecule has 1 aliphatic rings. The first-order valence-corrected chi connectivity index (χ1v) is 6.27. The molecule has 0 aliphatic carbocycles. The maximum atomic E-state index is 11.9. The number of nitrogens with zero attached hydrogens (tertiary/aromatic N) is 2. The van der Waals surface area contributed by atoms with Crippen molar-refractivity contribution in [1.82, 2.24) is 10.3 Å². The molecule has 0 aromatic carbocycles. The lowest BCUT2D eigenvalue weighted by Gasteiger charge is -2.20. The zero-order chi connectivity index (χ0) is 14.4. The van der Waals surface area contributed by atoms with Crippen LogP contribution in [0, 0.1) is 0 Å². The predicted molar refractivity (Wildman–Crippen MR) is 68.5 cm³/mol. The smallest absolute Gasteiger partial charge is 0.303 e. The molecule has 0 aromatic rings. The van der Waals surface area contributed by atoms with Gasteiger partial charge in [0.15, 0.2) is 0 Å². The van der Waals surface area contributed by atoms with Crippen LogP contribution in [0.25, 0.3) is 0 Å². The number of carboxylic acids is 1. The molecule has 1 heterocycles. The first kappa shape index (κ1) is 15.1. The Bertz CT molecular complexity index is 406. The predicted octanol–water partition coefficient (Wildman–Crippen LogP) is 0.354. The number of rotatable bonds is 6. The van der Waals surface area contributed by atoms with Gasteiger partial charge in [-0.3, -0.25) is 14.4 Å². The van der Waals surface area contributed by atoms with E-state index in [-0.39, 0.29) is 30.7 Å². The monoisotopic (exact) mass is 269 g/mol. The quantitative estimate of drug-likeness (QED) is 0.727. The molecule has 0 saturated carbocycles. The number of carboxylic acid groups (broad SMARTS) is 1. The third-order valence-corrected chi connectivity index (χ3v) is 2.87. The van der Waals surface area contributed by atoms with Crippen molar-refractivity contribution in [3.63, 3.8) is 0 Å². The minimum atomic E-state index is -0.838. The van der Waals surface area contributed by atoms with Crippen LogP contribution in [0.4, 0.5) is 0 Å². The number of aliphatic carboxylic acids is 1. The summed E-state index contributed by atoms with van der Waals surface area (Å²) in [6, 6.07) is -0.113. The van der Waals surface area contributed by atoms with E-state index in [9.17, 15) is 14.4 Å². The number of carbonyl (C=O) groups excluding carboxylic acids is 2. The zero-order valence-corrected chi connectivity index (χ0v) is 11.2. The Balaban J connectivity index is 2.40. The highest BCUT2D eigenvalue weighted by Gasteiger charge is 2.22. The van der Waals surface area contributed by atoms with Crippen molar-refractivity contribution < 1.29 is 19.5 Å². The standard InChI is InChI=1S/C12H19N3O4/c1-8(4-3-5-11(17)18)13-12(19)9-6-7-10(16)15(2)14-9/h8H,3-7H2,1-2H3,(H,13,19)(H,17,18).